The van der Waals surface area contributed by atoms with Gasteiger partial charge in [0, 0.05) is 6.42 Å². The Morgan fingerprint density at radius 1 is 1.03 bits per heavy atom. The molecule has 1 fully saturated rings. The van der Waals surface area contributed by atoms with Crippen molar-refractivity contribution in [1.82, 2.24) is 21.3 Å². The van der Waals surface area contributed by atoms with E-state index in [1.165, 1.54) is 6.92 Å². The zero-order valence-electron chi connectivity index (χ0n) is 17.7. The Kier molecular flexibility index (Phi) is 10.2. The normalized spacial score (nSPS) is 18.9. The van der Waals surface area contributed by atoms with E-state index in [-0.39, 0.29) is 31.1 Å². The molecule has 11 nitrogen and oxygen atoms in total. The van der Waals surface area contributed by atoms with E-state index in [1.807, 2.05) is 13.8 Å². The molecular weight excluding hydrogens is 394 g/mol. The van der Waals surface area contributed by atoms with Gasteiger partial charge in [-0.25, -0.2) is 0 Å². The van der Waals surface area contributed by atoms with E-state index in [4.69, 9.17) is 10.8 Å². The molecule has 4 amide bonds. The molecule has 30 heavy (non-hydrogen) atoms. The maximum absolute atomic E-state index is 12.8. The average molecular weight is 428 g/mol. The van der Waals surface area contributed by atoms with Gasteiger partial charge in [0.25, 0.3) is 0 Å². The van der Waals surface area contributed by atoms with Crippen LogP contribution < -0.4 is 27.0 Å². The number of hydrogen-bond donors (Lipinski definition) is 6. The van der Waals surface area contributed by atoms with Gasteiger partial charge in [-0.3, -0.25) is 24.0 Å². The van der Waals surface area contributed by atoms with E-state index in [0.717, 1.165) is 6.42 Å². The molecule has 0 saturated carbocycles. The van der Waals surface area contributed by atoms with Crippen molar-refractivity contribution in [1.29, 1.82) is 0 Å². The number of aliphatic carboxylic acids is 1. The van der Waals surface area contributed by atoms with Gasteiger partial charge in [-0.1, -0.05) is 13.8 Å². The standard InChI is InChI=1S/C19H33N5O6/c1-10(2)9-14(18(28)22-11(3)19(29)30)24-17(27)13(6-7-15(20)25)23-16(26)12-5-4-8-21-12/h10-14,21H,4-9H2,1-3H3,(H2,20,25)(H,22,28)(H,23,26)(H,24,27)(H,29,30). The summed E-state index contributed by atoms with van der Waals surface area (Å²) in [5.41, 5.74) is 5.18. The summed E-state index contributed by atoms with van der Waals surface area (Å²) in [4.78, 5) is 59.9. The first kappa shape index (κ1) is 25.3. The first-order chi connectivity index (χ1) is 14.0. The molecule has 4 atom stereocenters. The molecule has 1 saturated heterocycles. The summed E-state index contributed by atoms with van der Waals surface area (Å²) in [7, 11) is 0. The van der Waals surface area contributed by atoms with Crippen LogP contribution in [-0.2, 0) is 24.0 Å². The van der Waals surface area contributed by atoms with Crippen molar-refractivity contribution in [3.05, 3.63) is 0 Å². The number of primary amides is 1. The Morgan fingerprint density at radius 3 is 2.17 bits per heavy atom. The molecule has 0 aromatic heterocycles. The quantitative estimate of drug-likeness (QED) is 0.222. The first-order valence-corrected chi connectivity index (χ1v) is 10.2. The second-order valence-corrected chi connectivity index (χ2v) is 7.97. The van der Waals surface area contributed by atoms with Gasteiger partial charge in [-0.15, -0.1) is 0 Å². The SMILES string of the molecule is CC(C)CC(NC(=O)C(CCC(N)=O)NC(=O)C1CCCN1)C(=O)NC(C)C(=O)O. The van der Waals surface area contributed by atoms with Crippen LogP contribution in [0.1, 0.15) is 52.9 Å². The summed E-state index contributed by atoms with van der Waals surface area (Å²) in [5, 5.41) is 19.6. The molecule has 0 aliphatic carbocycles. The van der Waals surface area contributed by atoms with Crippen LogP contribution in [0.5, 0.6) is 0 Å². The van der Waals surface area contributed by atoms with Gasteiger partial charge < -0.3 is 32.1 Å². The number of carboxylic acid groups (broad SMARTS) is 1. The van der Waals surface area contributed by atoms with Crippen LogP contribution in [0.4, 0.5) is 0 Å². The lowest BCUT2D eigenvalue weighted by atomic mass is 10.0. The minimum atomic E-state index is -1.20. The number of hydrogen-bond acceptors (Lipinski definition) is 6. The molecule has 1 aliphatic heterocycles. The van der Waals surface area contributed by atoms with Crippen molar-refractivity contribution in [2.24, 2.45) is 11.7 Å². The first-order valence-electron chi connectivity index (χ1n) is 10.2. The highest BCUT2D eigenvalue weighted by molar-refractivity contribution is 5.94. The molecule has 0 aromatic rings. The van der Waals surface area contributed by atoms with Crippen LogP contribution >= 0.6 is 0 Å². The summed E-state index contributed by atoms with van der Waals surface area (Å²) in [5.74, 6) is -3.42. The highest BCUT2D eigenvalue weighted by Gasteiger charge is 2.31. The minimum Gasteiger partial charge on any atom is -0.480 e. The Hall–Kier alpha value is -2.69. The minimum absolute atomic E-state index is 0.0127. The lowest BCUT2D eigenvalue weighted by molar-refractivity contribution is -0.142. The maximum Gasteiger partial charge on any atom is 0.325 e. The van der Waals surface area contributed by atoms with E-state index in [2.05, 4.69) is 21.3 Å². The van der Waals surface area contributed by atoms with E-state index < -0.39 is 47.9 Å². The predicted molar refractivity (Wildman–Crippen MR) is 108 cm³/mol. The number of carbonyl (C=O) groups is 5. The molecule has 0 aromatic carbocycles. The van der Waals surface area contributed by atoms with Crippen molar-refractivity contribution in [2.75, 3.05) is 6.54 Å². The Morgan fingerprint density at radius 2 is 1.67 bits per heavy atom. The van der Waals surface area contributed by atoms with Crippen LogP contribution in [0.3, 0.4) is 0 Å². The molecule has 0 radical (unpaired) electrons. The fourth-order valence-electron chi connectivity index (χ4n) is 3.09. The summed E-state index contributed by atoms with van der Waals surface area (Å²) in [6.07, 6.45) is 1.62. The van der Waals surface area contributed by atoms with E-state index >= 15 is 0 Å². The van der Waals surface area contributed by atoms with Crippen molar-refractivity contribution in [3.63, 3.8) is 0 Å². The number of carboxylic acids is 1. The Balaban J connectivity index is 2.87. The highest BCUT2D eigenvalue weighted by atomic mass is 16.4. The number of nitrogens with one attached hydrogen (secondary N) is 4. The molecule has 7 N–H and O–H groups in total. The highest BCUT2D eigenvalue weighted by Crippen LogP contribution is 2.09. The third-order valence-corrected chi connectivity index (χ3v) is 4.76. The number of carbonyl (C=O) groups excluding carboxylic acids is 4. The lowest BCUT2D eigenvalue weighted by Gasteiger charge is -2.25. The van der Waals surface area contributed by atoms with Crippen LogP contribution in [0.25, 0.3) is 0 Å². The Labute approximate surface area is 175 Å². The second-order valence-electron chi connectivity index (χ2n) is 7.97. The molecule has 170 valence electrons. The third-order valence-electron chi connectivity index (χ3n) is 4.76. The fourth-order valence-corrected chi connectivity index (χ4v) is 3.09. The Bertz CT molecular complexity index is 647. The van der Waals surface area contributed by atoms with Crippen molar-refractivity contribution in [3.8, 4) is 0 Å². The van der Waals surface area contributed by atoms with Gasteiger partial charge in [-0.2, -0.15) is 0 Å². The third kappa shape index (κ3) is 8.76. The second kappa shape index (κ2) is 12.1. The molecule has 1 heterocycles. The summed E-state index contributed by atoms with van der Waals surface area (Å²) >= 11 is 0. The lowest BCUT2D eigenvalue weighted by Crippen LogP contribution is -2.57. The summed E-state index contributed by atoms with van der Waals surface area (Å²) < 4.78 is 0. The number of rotatable bonds is 12. The molecule has 11 heteroatoms. The number of amides is 4. The van der Waals surface area contributed by atoms with Gasteiger partial charge in [0.1, 0.15) is 18.1 Å². The zero-order valence-corrected chi connectivity index (χ0v) is 17.7. The molecule has 0 bridgehead atoms. The van der Waals surface area contributed by atoms with Crippen LogP contribution in [0.15, 0.2) is 0 Å². The van der Waals surface area contributed by atoms with E-state index in [1.54, 1.807) is 0 Å². The average Bonchev–Trinajstić information content (AvgIpc) is 3.18. The van der Waals surface area contributed by atoms with Gasteiger partial charge in [0.15, 0.2) is 0 Å². The smallest absolute Gasteiger partial charge is 0.325 e. The molecule has 1 rings (SSSR count). The van der Waals surface area contributed by atoms with Gasteiger partial charge in [0.05, 0.1) is 6.04 Å². The topological polar surface area (TPSA) is 180 Å². The van der Waals surface area contributed by atoms with Crippen LogP contribution in [0.2, 0.25) is 0 Å². The van der Waals surface area contributed by atoms with Crippen LogP contribution in [-0.4, -0.2) is 65.4 Å². The molecule has 0 spiro atoms. The molecular formula is C19H33N5O6. The number of nitrogens with two attached hydrogens (primary N) is 1. The monoisotopic (exact) mass is 427 g/mol. The summed E-state index contributed by atoms with van der Waals surface area (Å²) in [6.45, 7) is 5.73. The van der Waals surface area contributed by atoms with Gasteiger partial charge >= 0.3 is 5.97 Å². The van der Waals surface area contributed by atoms with Crippen molar-refractivity contribution < 1.29 is 29.1 Å². The maximum atomic E-state index is 12.8. The largest absolute Gasteiger partial charge is 0.480 e. The summed E-state index contributed by atoms with van der Waals surface area (Å²) in [6, 6.07) is -3.58. The van der Waals surface area contributed by atoms with Gasteiger partial charge in [-0.05, 0) is 45.1 Å². The van der Waals surface area contributed by atoms with E-state index in [9.17, 15) is 24.0 Å². The van der Waals surface area contributed by atoms with E-state index in [0.29, 0.717) is 13.0 Å². The predicted octanol–water partition coefficient (Wildman–Crippen LogP) is -1.39. The molecule has 4 unspecified atom stereocenters. The van der Waals surface area contributed by atoms with Crippen LogP contribution in [0, 0.1) is 5.92 Å². The van der Waals surface area contributed by atoms with Crippen molar-refractivity contribution in [2.45, 2.75) is 77.0 Å². The fraction of sp³-hybridized carbons (Fsp3) is 0.737. The zero-order chi connectivity index (χ0) is 22.8. The van der Waals surface area contributed by atoms with Gasteiger partial charge in [0.2, 0.25) is 23.6 Å². The molecule has 1 aliphatic rings. The van der Waals surface area contributed by atoms with Crippen molar-refractivity contribution >= 4 is 29.6 Å².